The first kappa shape index (κ1) is 28.7. The van der Waals surface area contributed by atoms with E-state index in [9.17, 15) is 26.3 Å². The maximum Gasteiger partial charge on any atom is 0.412 e. The minimum Gasteiger partial charge on any atom is -0.373 e. The fourth-order valence-corrected chi connectivity index (χ4v) is 6.11. The fraction of sp³-hybridized carbons (Fsp3) is 0.548. The normalized spacial score (nSPS) is 25.0. The zero-order valence-corrected chi connectivity index (χ0v) is 21.8. The lowest BCUT2D eigenvalue weighted by Gasteiger charge is -2.38. The lowest BCUT2D eigenvalue weighted by molar-refractivity contribution is -0.0798. The van der Waals surface area contributed by atoms with Gasteiger partial charge in [-0.1, -0.05) is 69.7 Å². The van der Waals surface area contributed by atoms with Crippen LogP contribution in [0.15, 0.2) is 42.5 Å². The van der Waals surface area contributed by atoms with Gasteiger partial charge in [0.25, 0.3) is 0 Å². The molecule has 0 N–H and O–H groups in total. The van der Waals surface area contributed by atoms with Crippen molar-refractivity contribution in [3.05, 3.63) is 65.2 Å². The molecule has 38 heavy (non-hydrogen) atoms. The summed E-state index contributed by atoms with van der Waals surface area (Å²) < 4.78 is 86.0. The van der Waals surface area contributed by atoms with Gasteiger partial charge in [-0.2, -0.15) is 13.2 Å². The Kier molecular flexibility index (Phi) is 9.61. The van der Waals surface area contributed by atoms with Crippen LogP contribution in [0.4, 0.5) is 26.3 Å². The van der Waals surface area contributed by atoms with Crippen LogP contribution >= 0.6 is 0 Å². The van der Waals surface area contributed by atoms with Gasteiger partial charge < -0.3 is 4.74 Å². The van der Waals surface area contributed by atoms with Gasteiger partial charge in [0.2, 0.25) is 0 Å². The Labute approximate surface area is 221 Å². The number of hydrogen-bond acceptors (Lipinski definition) is 1. The van der Waals surface area contributed by atoms with Crippen molar-refractivity contribution in [3.63, 3.8) is 0 Å². The average molecular weight is 539 g/mol. The van der Waals surface area contributed by atoms with Gasteiger partial charge in [0, 0.05) is 0 Å². The second kappa shape index (κ2) is 12.7. The Bertz CT molecular complexity index is 1050. The molecule has 4 rings (SSSR count). The molecule has 0 spiro atoms. The number of unbranched alkanes of at least 4 members (excludes halogenated alkanes) is 2. The highest BCUT2D eigenvalue weighted by Gasteiger charge is 2.32. The molecular weight excluding hydrogens is 502 g/mol. The van der Waals surface area contributed by atoms with E-state index < -0.39 is 35.3 Å². The van der Waals surface area contributed by atoms with Crippen molar-refractivity contribution in [1.29, 1.82) is 0 Å². The third-order valence-corrected chi connectivity index (χ3v) is 8.27. The van der Waals surface area contributed by atoms with Crippen molar-refractivity contribution in [1.82, 2.24) is 0 Å². The third-order valence-electron chi connectivity index (χ3n) is 8.27. The predicted octanol–water partition coefficient (Wildman–Crippen LogP) is 10.4. The van der Waals surface area contributed by atoms with Gasteiger partial charge in [-0.05, 0) is 72.3 Å². The standard InChI is InChI=1S/C31H36F6O/c1-2-3-4-5-20-6-8-21(9-7-20)24-14-15-29(38-19-24)23-12-10-22(11-13-23)25-16-26(32)30(27(33)17-25)28(34)18-31(35,36)37/h10-13,16-18,20-21,24,29H,2-9,14-15,19H2,1H3/b28-18-. The van der Waals surface area contributed by atoms with E-state index in [1.54, 1.807) is 12.1 Å². The average Bonchev–Trinajstić information content (AvgIpc) is 2.88. The fourth-order valence-electron chi connectivity index (χ4n) is 6.11. The molecule has 1 saturated carbocycles. The van der Waals surface area contributed by atoms with E-state index in [-0.39, 0.29) is 11.7 Å². The van der Waals surface area contributed by atoms with Crippen LogP contribution < -0.4 is 0 Å². The molecule has 0 amide bonds. The summed E-state index contributed by atoms with van der Waals surface area (Å²) in [6.07, 6.45) is 6.82. The molecule has 0 aromatic heterocycles. The minimum absolute atomic E-state index is 0.0388. The Morgan fingerprint density at radius 1 is 0.868 bits per heavy atom. The molecule has 2 fully saturated rings. The molecular formula is C31H36F6O. The molecule has 1 nitrogen and oxygen atoms in total. The van der Waals surface area contributed by atoms with Crippen LogP contribution in [0.25, 0.3) is 17.0 Å². The molecule has 2 unspecified atom stereocenters. The first-order chi connectivity index (χ1) is 18.1. The first-order valence-corrected chi connectivity index (χ1v) is 13.8. The van der Waals surface area contributed by atoms with Gasteiger partial charge in [-0.25, -0.2) is 13.2 Å². The first-order valence-electron chi connectivity index (χ1n) is 13.8. The molecule has 7 heteroatoms. The van der Waals surface area contributed by atoms with Gasteiger partial charge in [-0.3, -0.25) is 0 Å². The van der Waals surface area contributed by atoms with Crippen molar-refractivity contribution >= 4 is 5.83 Å². The molecule has 1 aliphatic heterocycles. The molecule has 1 saturated heterocycles. The summed E-state index contributed by atoms with van der Waals surface area (Å²) in [6, 6.07) is 8.76. The second-order valence-corrected chi connectivity index (χ2v) is 10.9. The molecule has 1 aliphatic carbocycles. The molecule has 2 aromatic rings. The Morgan fingerprint density at radius 2 is 1.50 bits per heavy atom. The molecule has 2 aromatic carbocycles. The monoisotopic (exact) mass is 538 g/mol. The quantitative estimate of drug-likeness (QED) is 0.240. The molecule has 1 heterocycles. The zero-order valence-electron chi connectivity index (χ0n) is 21.8. The number of ether oxygens (including phenoxy) is 1. The summed E-state index contributed by atoms with van der Waals surface area (Å²) >= 11 is 0. The number of allylic oxidation sites excluding steroid dienone is 1. The van der Waals surface area contributed by atoms with Crippen molar-refractivity contribution in [2.45, 2.75) is 83.4 Å². The van der Waals surface area contributed by atoms with Crippen LogP contribution in [0.2, 0.25) is 0 Å². The summed E-state index contributed by atoms with van der Waals surface area (Å²) in [5.74, 6) is -2.55. The lowest BCUT2D eigenvalue weighted by atomic mass is 9.72. The van der Waals surface area contributed by atoms with Crippen LogP contribution in [0.1, 0.15) is 88.4 Å². The van der Waals surface area contributed by atoms with Crippen molar-refractivity contribution in [2.24, 2.45) is 17.8 Å². The summed E-state index contributed by atoms with van der Waals surface area (Å²) in [5, 5.41) is 0. The van der Waals surface area contributed by atoms with E-state index in [0.29, 0.717) is 11.5 Å². The topological polar surface area (TPSA) is 9.23 Å². The molecule has 208 valence electrons. The van der Waals surface area contributed by atoms with Crippen LogP contribution in [0, 0.1) is 29.4 Å². The SMILES string of the molecule is CCCCCC1CCC(C2CCC(c3ccc(-c4cc(F)c(/C(F)=C/C(F)(F)F)c(F)c4)cc3)OC2)CC1. The summed E-state index contributed by atoms with van der Waals surface area (Å²) in [5.41, 5.74) is 0.245. The van der Waals surface area contributed by atoms with Crippen molar-refractivity contribution in [2.75, 3.05) is 6.61 Å². The number of halogens is 6. The van der Waals surface area contributed by atoms with E-state index in [1.165, 1.54) is 51.4 Å². The van der Waals surface area contributed by atoms with Crippen LogP contribution in [0.5, 0.6) is 0 Å². The molecule has 2 atom stereocenters. The molecule has 0 radical (unpaired) electrons. The van der Waals surface area contributed by atoms with Crippen LogP contribution in [0.3, 0.4) is 0 Å². The van der Waals surface area contributed by atoms with Gasteiger partial charge in [-0.15, -0.1) is 0 Å². The Morgan fingerprint density at radius 3 is 2.05 bits per heavy atom. The number of rotatable bonds is 8. The van der Waals surface area contributed by atoms with E-state index >= 15 is 0 Å². The number of benzene rings is 2. The lowest BCUT2D eigenvalue weighted by Crippen LogP contribution is -2.29. The van der Waals surface area contributed by atoms with Gasteiger partial charge in [0.15, 0.2) is 0 Å². The van der Waals surface area contributed by atoms with E-state index in [1.807, 2.05) is 12.1 Å². The Balaban J connectivity index is 1.33. The van der Waals surface area contributed by atoms with Gasteiger partial charge in [0.05, 0.1) is 24.4 Å². The Hall–Kier alpha value is -2.28. The van der Waals surface area contributed by atoms with E-state index in [4.69, 9.17) is 4.74 Å². The maximum absolute atomic E-state index is 14.4. The summed E-state index contributed by atoms with van der Waals surface area (Å²) in [4.78, 5) is 0. The maximum atomic E-state index is 14.4. The summed E-state index contributed by atoms with van der Waals surface area (Å²) in [7, 11) is 0. The summed E-state index contributed by atoms with van der Waals surface area (Å²) in [6.45, 7) is 2.99. The highest BCUT2D eigenvalue weighted by Crippen LogP contribution is 2.42. The smallest absolute Gasteiger partial charge is 0.373 e. The van der Waals surface area contributed by atoms with Gasteiger partial charge in [0.1, 0.15) is 17.5 Å². The predicted molar refractivity (Wildman–Crippen MR) is 138 cm³/mol. The number of alkyl halides is 3. The van der Waals surface area contributed by atoms with E-state index in [0.717, 1.165) is 49.0 Å². The molecule has 0 bridgehead atoms. The van der Waals surface area contributed by atoms with Crippen molar-refractivity contribution < 1.29 is 31.1 Å². The van der Waals surface area contributed by atoms with Crippen LogP contribution in [-0.2, 0) is 4.74 Å². The van der Waals surface area contributed by atoms with Gasteiger partial charge >= 0.3 is 6.18 Å². The van der Waals surface area contributed by atoms with Crippen molar-refractivity contribution in [3.8, 4) is 11.1 Å². The highest BCUT2D eigenvalue weighted by molar-refractivity contribution is 5.69. The zero-order chi connectivity index (χ0) is 27.3. The van der Waals surface area contributed by atoms with Crippen LogP contribution in [-0.4, -0.2) is 12.8 Å². The highest BCUT2D eigenvalue weighted by atomic mass is 19.4. The minimum atomic E-state index is -5.02. The number of hydrogen-bond donors (Lipinski definition) is 0. The largest absolute Gasteiger partial charge is 0.412 e. The third kappa shape index (κ3) is 7.43. The second-order valence-electron chi connectivity index (χ2n) is 10.9. The molecule has 2 aliphatic rings. The van der Waals surface area contributed by atoms with E-state index in [2.05, 4.69) is 6.92 Å².